The Kier molecular flexibility index (Phi) is 6.06. The van der Waals surface area contributed by atoms with Crippen LogP contribution in [0.25, 0.3) is 0 Å². The van der Waals surface area contributed by atoms with Crippen LogP contribution in [0.4, 0.5) is 16.3 Å². The molecule has 0 unspecified atom stereocenters. The Morgan fingerprint density at radius 1 is 1.27 bits per heavy atom. The van der Waals surface area contributed by atoms with Gasteiger partial charge in [-0.15, -0.1) is 0 Å². The molecule has 1 aliphatic heterocycles. The van der Waals surface area contributed by atoms with E-state index >= 15 is 0 Å². The van der Waals surface area contributed by atoms with E-state index in [0.717, 1.165) is 50.7 Å². The van der Waals surface area contributed by atoms with E-state index in [4.69, 9.17) is 4.74 Å². The van der Waals surface area contributed by atoms with E-state index in [1.54, 1.807) is 12.4 Å². The average Bonchev–Trinajstić information content (AvgIpc) is 3.16. The van der Waals surface area contributed by atoms with Gasteiger partial charge in [-0.1, -0.05) is 6.92 Å². The number of aryl methyl sites for hydroxylation is 1. The third kappa shape index (κ3) is 4.51. The van der Waals surface area contributed by atoms with Gasteiger partial charge in [0.05, 0.1) is 37.3 Å². The maximum atomic E-state index is 12.3. The number of amides is 2. The second-order valence-corrected chi connectivity index (χ2v) is 6.19. The van der Waals surface area contributed by atoms with Crippen LogP contribution in [0.5, 0.6) is 0 Å². The Balaban J connectivity index is 1.56. The number of urea groups is 1. The molecule has 3 heterocycles. The summed E-state index contributed by atoms with van der Waals surface area (Å²) >= 11 is 0. The highest BCUT2D eigenvalue weighted by molar-refractivity contribution is 5.89. The quantitative estimate of drug-likeness (QED) is 0.828. The summed E-state index contributed by atoms with van der Waals surface area (Å²) in [6.07, 6.45) is 6.24. The predicted octanol–water partition coefficient (Wildman–Crippen LogP) is 2.41. The molecule has 2 aromatic rings. The molecule has 2 N–H and O–H groups in total. The molecule has 8 nitrogen and oxygen atoms in total. The zero-order valence-electron chi connectivity index (χ0n) is 15.3. The van der Waals surface area contributed by atoms with Crippen LogP contribution >= 0.6 is 0 Å². The van der Waals surface area contributed by atoms with Crippen LogP contribution in [-0.2, 0) is 11.3 Å². The lowest BCUT2D eigenvalue weighted by Gasteiger charge is -2.27. The summed E-state index contributed by atoms with van der Waals surface area (Å²) in [5, 5.41) is 10.1. The summed E-state index contributed by atoms with van der Waals surface area (Å²) in [7, 11) is 0. The third-order valence-electron chi connectivity index (χ3n) is 4.43. The van der Waals surface area contributed by atoms with E-state index in [9.17, 15) is 4.79 Å². The molecule has 26 heavy (non-hydrogen) atoms. The van der Waals surface area contributed by atoms with Gasteiger partial charge in [0.2, 0.25) is 0 Å². The van der Waals surface area contributed by atoms with Crippen LogP contribution in [0.2, 0.25) is 0 Å². The first-order valence-corrected chi connectivity index (χ1v) is 9.08. The van der Waals surface area contributed by atoms with Crippen molar-refractivity contribution in [1.82, 2.24) is 20.1 Å². The number of nitrogens with one attached hydrogen (secondary N) is 2. The number of carbonyl (C=O) groups excluding carboxylic acids is 1. The molecule has 0 bridgehead atoms. The highest BCUT2D eigenvalue weighted by atomic mass is 16.5. The number of anilines is 2. The van der Waals surface area contributed by atoms with Crippen molar-refractivity contribution in [3.05, 3.63) is 36.3 Å². The molecule has 2 aromatic heterocycles. The summed E-state index contributed by atoms with van der Waals surface area (Å²) in [5.41, 5.74) is 1.67. The van der Waals surface area contributed by atoms with Gasteiger partial charge in [0, 0.05) is 31.4 Å². The summed E-state index contributed by atoms with van der Waals surface area (Å²) in [6.45, 7) is 7.99. The number of carbonyl (C=O) groups is 1. The Morgan fingerprint density at radius 3 is 2.69 bits per heavy atom. The third-order valence-corrected chi connectivity index (χ3v) is 4.43. The molecule has 8 heteroatoms. The van der Waals surface area contributed by atoms with Crippen LogP contribution in [0.15, 0.2) is 30.7 Å². The first-order chi connectivity index (χ1) is 12.7. The van der Waals surface area contributed by atoms with Crippen LogP contribution in [0, 0.1) is 0 Å². The highest BCUT2D eigenvalue weighted by Gasteiger charge is 2.15. The fraction of sp³-hybridized carbons (Fsp3) is 0.500. The van der Waals surface area contributed by atoms with Crippen LogP contribution in [0.3, 0.4) is 0 Å². The molecule has 140 valence electrons. The molecule has 3 rings (SSSR count). The highest BCUT2D eigenvalue weighted by Crippen LogP contribution is 2.18. The lowest BCUT2D eigenvalue weighted by atomic mass is 10.1. The van der Waals surface area contributed by atoms with Gasteiger partial charge in [-0.2, -0.15) is 5.10 Å². The minimum Gasteiger partial charge on any atom is -0.378 e. The number of hydrogen-bond donors (Lipinski definition) is 2. The molecule has 0 aromatic carbocycles. The Labute approximate surface area is 153 Å². The maximum Gasteiger partial charge on any atom is 0.319 e. The minimum absolute atomic E-state index is 0.0733. The fourth-order valence-electron chi connectivity index (χ4n) is 2.92. The molecular formula is C18H26N6O2. The van der Waals surface area contributed by atoms with E-state index in [0.29, 0.717) is 5.69 Å². The van der Waals surface area contributed by atoms with Crippen molar-refractivity contribution in [1.29, 1.82) is 0 Å². The lowest BCUT2D eigenvalue weighted by Crippen LogP contribution is -2.36. The molecule has 2 amide bonds. The van der Waals surface area contributed by atoms with Gasteiger partial charge in [0.1, 0.15) is 5.82 Å². The number of hydrogen-bond acceptors (Lipinski definition) is 5. The second kappa shape index (κ2) is 8.66. The summed E-state index contributed by atoms with van der Waals surface area (Å²) in [4.78, 5) is 18.9. The number of pyridine rings is 1. The molecule has 0 saturated carbocycles. The van der Waals surface area contributed by atoms with E-state index in [1.165, 1.54) is 0 Å². The molecular weight excluding hydrogens is 332 g/mol. The van der Waals surface area contributed by atoms with Crippen molar-refractivity contribution in [3.8, 4) is 0 Å². The van der Waals surface area contributed by atoms with E-state index in [2.05, 4.69) is 25.6 Å². The zero-order chi connectivity index (χ0) is 18.4. The van der Waals surface area contributed by atoms with Crippen molar-refractivity contribution in [2.75, 3.05) is 36.5 Å². The number of aromatic nitrogens is 3. The lowest BCUT2D eigenvalue weighted by molar-refractivity contribution is 0.122. The van der Waals surface area contributed by atoms with Crippen molar-refractivity contribution in [3.63, 3.8) is 0 Å². The van der Waals surface area contributed by atoms with Gasteiger partial charge in [0.15, 0.2) is 0 Å². The largest absolute Gasteiger partial charge is 0.378 e. The maximum absolute atomic E-state index is 12.3. The van der Waals surface area contributed by atoms with E-state index < -0.39 is 0 Å². The van der Waals surface area contributed by atoms with Crippen LogP contribution < -0.4 is 15.5 Å². The van der Waals surface area contributed by atoms with Crippen LogP contribution in [-0.4, -0.2) is 47.1 Å². The Hall–Kier alpha value is -2.61. The van der Waals surface area contributed by atoms with E-state index in [1.807, 2.05) is 36.9 Å². The van der Waals surface area contributed by atoms with Crippen molar-refractivity contribution in [2.45, 2.75) is 32.9 Å². The normalized spacial score (nSPS) is 15.5. The summed E-state index contributed by atoms with van der Waals surface area (Å²) < 4.78 is 7.20. The van der Waals surface area contributed by atoms with E-state index in [-0.39, 0.29) is 12.1 Å². The number of ether oxygens (including phenoxy) is 1. The number of rotatable bonds is 6. The van der Waals surface area contributed by atoms with Gasteiger partial charge in [-0.05, 0) is 25.5 Å². The first-order valence-electron chi connectivity index (χ1n) is 9.08. The van der Waals surface area contributed by atoms with Gasteiger partial charge < -0.3 is 20.3 Å². The molecule has 1 aliphatic rings. The number of nitrogens with zero attached hydrogens (tertiary/aromatic N) is 4. The molecule has 0 aliphatic carbocycles. The first kappa shape index (κ1) is 18.2. The Morgan fingerprint density at radius 2 is 2.08 bits per heavy atom. The van der Waals surface area contributed by atoms with Crippen molar-refractivity contribution in [2.24, 2.45) is 0 Å². The topological polar surface area (TPSA) is 84.3 Å². The monoisotopic (exact) mass is 358 g/mol. The second-order valence-electron chi connectivity index (χ2n) is 6.19. The van der Waals surface area contributed by atoms with Crippen molar-refractivity contribution >= 4 is 17.5 Å². The minimum atomic E-state index is -0.248. The molecule has 0 spiro atoms. The standard InChI is InChI=1S/C18H26N6O2/c1-3-16(14-11-20-24(4-2)13-14)22-18(25)21-15-5-6-17(19-12-15)23-7-9-26-10-8-23/h5-6,11-13,16H,3-4,7-10H2,1-2H3,(H2,21,22,25)/t16-/m0/s1. The van der Waals surface area contributed by atoms with Crippen molar-refractivity contribution < 1.29 is 9.53 Å². The smallest absolute Gasteiger partial charge is 0.319 e. The molecule has 1 atom stereocenters. The van der Waals surface area contributed by atoms with Gasteiger partial charge in [-0.3, -0.25) is 4.68 Å². The molecule has 1 fully saturated rings. The van der Waals surface area contributed by atoms with Gasteiger partial charge in [0.25, 0.3) is 0 Å². The molecule has 0 radical (unpaired) electrons. The molecule has 1 saturated heterocycles. The fourth-order valence-corrected chi connectivity index (χ4v) is 2.92. The Bertz CT molecular complexity index is 709. The summed E-state index contributed by atoms with van der Waals surface area (Å²) in [5.74, 6) is 0.901. The SMILES string of the molecule is CC[C@H](NC(=O)Nc1ccc(N2CCOCC2)nc1)c1cnn(CC)c1. The number of morpholine rings is 1. The zero-order valence-corrected chi connectivity index (χ0v) is 15.3. The predicted molar refractivity (Wildman–Crippen MR) is 100 cm³/mol. The van der Waals surface area contributed by atoms with Crippen LogP contribution in [0.1, 0.15) is 31.9 Å². The van der Waals surface area contributed by atoms with Gasteiger partial charge >= 0.3 is 6.03 Å². The summed E-state index contributed by atoms with van der Waals surface area (Å²) in [6, 6.07) is 3.47. The van der Waals surface area contributed by atoms with Gasteiger partial charge in [-0.25, -0.2) is 9.78 Å². The average molecular weight is 358 g/mol.